The molecule has 2 aromatic carbocycles. The number of alkyl halides is 1. The molecule has 0 spiro atoms. The molecule has 3 aliphatic heterocycles. The largest absolute Gasteiger partial charge is 0.508 e. The predicted molar refractivity (Wildman–Crippen MR) is 187 cm³/mol. The van der Waals surface area contributed by atoms with Gasteiger partial charge in [0.2, 0.25) is 0 Å². The molecule has 3 saturated heterocycles. The molecule has 0 unspecified atom stereocenters. The van der Waals surface area contributed by atoms with E-state index < -0.39 is 28.8 Å². The number of phenolic OH excluding ortho intramolecular Hbond substituents is 1. The molecule has 0 saturated carbocycles. The van der Waals surface area contributed by atoms with Crippen LogP contribution in [0, 0.1) is 24.0 Å². The number of pyridine rings is 1. The summed E-state index contributed by atoms with van der Waals surface area (Å²) in [6.07, 6.45) is 5.64. The maximum atomic E-state index is 17.0. The smallest absolute Gasteiger partial charge is 0.319 e. The number of hydrogen-bond acceptors (Lipinski definition) is 9. The van der Waals surface area contributed by atoms with Crippen molar-refractivity contribution < 1.29 is 27.8 Å². The Balaban J connectivity index is 1.21. The van der Waals surface area contributed by atoms with Gasteiger partial charge in [-0.3, -0.25) is 14.7 Å². The number of rotatable bonds is 7. The van der Waals surface area contributed by atoms with Crippen molar-refractivity contribution in [3.63, 3.8) is 0 Å². The van der Waals surface area contributed by atoms with Gasteiger partial charge in [-0.1, -0.05) is 19.9 Å². The molecule has 8 rings (SSSR count). The Morgan fingerprint density at radius 3 is 2.65 bits per heavy atom. The highest BCUT2D eigenvalue weighted by atomic mass is 19.1. The van der Waals surface area contributed by atoms with Crippen LogP contribution in [0.3, 0.4) is 0 Å². The third-order valence-electron chi connectivity index (χ3n) is 11.2. The number of hydrogen-bond donors (Lipinski definition) is 1. The van der Waals surface area contributed by atoms with E-state index in [9.17, 15) is 14.3 Å². The molecule has 3 fully saturated rings. The van der Waals surface area contributed by atoms with Crippen molar-refractivity contribution in [2.75, 3.05) is 37.7 Å². The molecule has 51 heavy (non-hydrogen) atoms. The molecule has 3 aliphatic rings. The first kappa shape index (κ1) is 33.4. The summed E-state index contributed by atoms with van der Waals surface area (Å²) in [7, 11) is 0. The van der Waals surface area contributed by atoms with E-state index in [0.717, 1.165) is 25.1 Å². The predicted octanol–water partition coefficient (Wildman–Crippen LogP) is 6.80. The Morgan fingerprint density at radius 2 is 1.90 bits per heavy atom. The van der Waals surface area contributed by atoms with Gasteiger partial charge in [-0.15, -0.1) is 0 Å². The highest BCUT2D eigenvalue weighted by Gasteiger charge is 2.49. The highest BCUT2D eigenvalue weighted by Crippen LogP contribution is 2.43. The molecule has 10 nitrogen and oxygen atoms in total. The number of carbonyl (C=O) groups is 1. The molecule has 266 valence electrons. The summed E-state index contributed by atoms with van der Waals surface area (Å²) in [5.41, 5.74) is 0.0972. The second kappa shape index (κ2) is 12.5. The molecule has 5 aromatic rings. The van der Waals surface area contributed by atoms with Gasteiger partial charge in [0.15, 0.2) is 5.82 Å². The number of aromatic nitrogens is 5. The quantitative estimate of drug-likeness (QED) is 0.196. The van der Waals surface area contributed by atoms with E-state index in [1.165, 1.54) is 29.1 Å². The first-order valence-electron chi connectivity index (χ1n) is 17.6. The van der Waals surface area contributed by atoms with Crippen LogP contribution in [0.1, 0.15) is 62.0 Å². The van der Waals surface area contributed by atoms with Gasteiger partial charge in [0.1, 0.15) is 41.4 Å². The lowest BCUT2D eigenvalue weighted by Gasteiger charge is -2.38. The Kier molecular flexibility index (Phi) is 8.16. The van der Waals surface area contributed by atoms with Gasteiger partial charge in [-0.2, -0.15) is 15.1 Å². The van der Waals surface area contributed by atoms with E-state index in [1.54, 1.807) is 18.3 Å². The molecule has 0 bridgehead atoms. The standard InChI is InChI=1S/C38H40F3N7O3/c1-4-26-29(40)7-6-23-16-25(49)17-27(30(23)26)32-31(41)33-28(19-42-32)34(44-36(43-33)51-21-38-9-5-12-47(38)20-24(39)18-38)46-14-10-37(3,11-15-46)35(50)48-13-8-22(2)45-48/h6-8,13,16-17,19,24,49H,4-5,9-12,14-15,18,20-21H2,1-3H3/t24-,38+/m1/s1. The van der Waals surface area contributed by atoms with Crippen molar-refractivity contribution >= 4 is 33.4 Å². The van der Waals surface area contributed by atoms with Crippen molar-refractivity contribution in [3.05, 3.63) is 65.6 Å². The van der Waals surface area contributed by atoms with Crippen LogP contribution < -0.4 is 9.64 Å². The fourth-order valence-electron chi connectivity index (χ4n) is 8.43. The fraction of sp³-hybridized carbons (Fsp3) is 0.447. The number of halogens is 3. The van der Waals surface area contributed by atoms with E-state index >= 15 is 8.78 Å². The second-order valence-electron chi connectivity index (χ2n) is 14.6. The van der Waals surface area contributed by atoms with Crippen LogP contribution in [-0.4, -0.2) is 85.1 Å². The minimum atomic E-state index is -0.945. The molecular formula is C38H40F3N7O3. The number of aromatic hydroxyl groups is 1. The first-order valence-corrected chi connectivity index (χ1v) is 17.6. The van der Waals surface area contributed by atoms with Gasteiger partial charge in [-0.05, 0) is 86.2 Å². The highest BCUT2D eigenvalue weighted by molar-refractivity contribution is 6.01. The Labute approximate surface area is 293 Å². The van der Waals surface area contributed by atoms with Crippen molar-refractivity contribution in [3.8, 4) is 23.0 Å². The first-order chi connectivity index (χ1) is 24.5. The number of fused-ring (bicyclic) bond motifs is 3. The molecule has 0 radical (unpaired) electrons. The van der Waals surface area contributed by atoms with Crippen LogP contribution in [0.25, 0.3) is 32.9 Å². The van der Waals surface area contributed by atoms with Gasteiger partial charge in [-0.25, -0.2) is 17.9 Å². The zero-order valence-electron chi connectivity index (χ0n) is 28.9. The Hall–Kier alpha value is -4.78. The third-order valence-corrected chi connectivity index (χ3v) is 11.2. The van der Waals surface area contributed by atoms with Crippen molar-refractivity contribution in [2.24, 2.45) is 5.41 Å². The van der Waals surface area contributed by atoms with E-state index in [4.69, 9.17) is 9.72 Å². The van der Waals surface area contributed by atoms with Crippen LogP contribution in [0.4, 0.5) is 19.0 Å². The minimum Gasteiger partial charge on any atom is -0.508 e. The van der Waals surface area contributed by atoms with Gasteiger partial charge in [0, 0.05) is 44.0 Å². The topological polar surface area (TPSA) is 110 Å². The van der Waals surface area contributed by atoms with E-state index in [0.29, 0.717) is 72.9 Å². The maximum absolute atomic E-state index is 17.0. The van der Waals surface area contributed by atoms with Crippen molar-refractivity contribution in [2.45, 2.75) is 71.0 Å². The van der Waals surface area contributed by atoms with Crippen LogP contribution in [0.15, 0.2) is 42.7 Å². The number of carbonyl (C=O) groups excluding carboxylic acids is 1. The van der Waals surface area contributed by atoms with E-state index in [2.05, 4.69) is 20.0 Å². The molecule has 13 heteroatoms. The van der Waals surface area contributed by atoms with Gasteiger partial charge < -0.3 is 14.7 Å². The number of piperidine rings is 1. The average Bonchev–Trinajstić information content (AvgIpc) is 3.81. The summed E-state index contributed by atoms with van der Waals surface area (Å²) in [6, 6.07) is 7.55. The van der Waals surface area contributed by atoms with Crippen LogP contribution in [0.5, 0.6) is 11.8 Å². The lowest BCUT2D eigenvalue weighted by Crippen LogP contribution is -2.45. The molecule has 6 heterocycles. The monoisotopic (exact) mass is 699 g/mol. The third kappa shape index (κ3) is 5.65. The van der Waals surface area contributed by atoms with Crippen molar-refractivity contribution in [1.82, 2.24) is 29.6 Å². The van der Waals surface area contributed by atoms with Gasteiger partial charge >= 0.3 is 6.01 Å². The summed E-state index contributed by atoms with van der Waals surface area (Å²) < 4.78 is 54.3. The molecule has 1 N–H and O–H groups in total. The second-order valence-corrected chi connectivity index (χ2v) is 14.6. The molecule has 0 aliphatic carbocycles. The summed E-state index contributed by atoms with van der Waals surface area (Å²) in [4.78, 5) is 31.5. The number of ether oxygens (including phenoxy) is 1. The lowest BCUT2D eigenvalue weighted by molar-refractivity contribution is 0.0658. The van der Waals surface area contributed by atoms with Gasteiger partial charge in [0.05, 0.1) is 22.0 Å². The normalized spacial score (nSPS) is 21.8. The summed E-state index contributed by atoms with van der Waals surface area (Å²) in [6.45, 7) is 7.77. The van der Waals surface area contributed by atoms with Gasteiger partial charge in [0.25, 0.3) is 5.91 Å². The number of benzene rings is 2. The minimum absolute atomic E-state index is 0.0436. The SMILES string of the molecule is CCc1c(F)ccc2cc(O)cc(-c3ncc4c(N5CCC(C)(C(=O)n6ccc(C)n6)CC5)nc(OC[C@@]56CCCN5C[C@H](F)C6)nc4c3F)c12. The summed E-state index contributed by atoms with van der Waals surface area (Å²) >= 11 is 0. The molecular weight excluding hydrogens is 659 g/mol. The Bertz CT molecular complexity index is 2180. The lowest BCUT2D eigenvalue weighted by atomic mass is 9.79. The number of nitrogens with zero attached hydrogens (tertiary/aromatic N) is 7. The molecule has 2 atom stereocenters. The summed E-state index contributed by atoms with van der Waals surface area (Å²) in [5.74, 6) is -0.989. The number of phenols is 1. The molecule has 0 amide bonds. The van der Waals surface area contributed by atoms with E-state index in [1.807, 2.05) is 25.7 Å². The zero-order chi connectivity index (χ0) is 35.7. The zero-order valence-corrected chi connectivity index (χ0v) is 28.9. The van der Waals surface area contributed by atoms with Crippen LogP contribution in [-0.2, 0) is 6.42 Å². The average molecular weight is 700 g/mol. The van der Waals surface area contributed by atoms with E-state index in [-0.39, 0.29) is 41.0 Å². The van der Waals surface area contributed by atoms with Crippen LogP contribution >= 0.6 is 0 Å². The Morgan fingerprint density at radius 1 is 1.10 bits per heavy atom. The number of anilines is 1. The maximum Gasteiger partial charge on any atom is 0.319 e. The fourth-order valence-corrected chi connectivity index (χ4v) is 8.43. The van der Waals surface area contributed by atoms with Crippen molar-refractivity contribution in [1.29, 1.82) is 0 Å². The number of aryl methyl sites for hydroxylation is 2. The van der Waals surface area contributed by atoms with Crippen LogP contribution in [0.2, 0.25) is 0 Å². The molecule has 3 aromatic heterocycles. The summed E-state index contributed by atoms with van der Waals surface area (Å²) in [5, 5.41) is 16.3.